The molecule has 125 heavy (non-hydrogen) atoms. The normalized spacial score (nSPS) is 21.0. The van der Waals surface area contributed by atoms with Gasteiger partial charge in [-0.3, -0.25) is 20.3 Å². The summed E-state index contributed by atoms with van der Waals surface area (Å²) in [7, 11) is 56.9. The third-order valence-electron chi connectivity index (χ3n) is 21.2. The Morgan fingerprint density at radius 2 is 0.200 bits per heavy atom. The second kappa shape index (κ2) is 118. The summed E-state index contributed by atoms with van der Waals surface area (Å²) in [6.45, 7) is 62.5. The van der Waals surface area contributed by atoms with Crippen molar-refractivity contribution in [1.29, 1.82) is 0 Å². The van der Waals surface area contributed by atoms with Crippen molar-refractivity contribution in [2.45, 2.75) is 26.4 Å². The Labute approximate surface area is 857 Å². The first-order valence-corrected chi connectivity index (χ1v) is 41.8. The van der Waals surface area contributed by atoms with E-state index in [1.54, 1.807) is 0 Å². The van der Waals surface area contributed by atoms with Gasteiger partial charge in [-0.25, -0.2) is 0 Å². The predicted molar refractivity (Wildman–Crippen MR) is 495 cm³/mol. The number of hydrogen-bond acceptors (Lipinski definition) is 30. The second-order valence-corrected chi connectivity index (χ2v) is 32.6. The van der Waals surface area contributed by atoms with Crippen LogP contribution >= 0.6 is 21.7 Å². The van der Waals surface area contributed by atoms with Crippen molar-refractivity contribution in [3.63, 3.8) is 0 Å². The summed E-state index contributed by atoms with van der Waals surface area (Å²) in [6, 6.07) is 0. The minimum atomic E-state index is -1.17. The second-order valence-electron chi connectivity index (χ2n) is 32.6. The fourth-order valence-corrected chi connectivity index (χ4v) is 11.5. The molecule has 8 heterocycles. The molecule has 0 amide bonds. The first-order valence-electron chi connectivity index (χ1n) is 40.7. The molecule has 8 fully saturated rings. The number of aliphatic hydroxyl groups excluding tert-OH is 2. The molecule has 8 aliphatic rings. The molecule has 0 aromatic rings. The van der Waals surface area contributed by atoms with E-state index in [2.05, 4.69) is 294 Å². The number of hydrogen-bond donors (Lipinski definition) is 6. The third kappa shape index (κ3) is 121. The summed E-state index contributed by atoms with van der Waals surface area (Å²) in [6.07, 6.45) is -2.33. The van der Waals surface area contributed by atoms with E-state index in [-0.39, 0.29) is 186 Å². The van der Waals surface area contributed by atoms with Gasteiger partial charge in [0, 0.05) is 383 Å². The maximum atomic E-state index is 7.61. The fourth-order valence-electron chi connectivity index (χ4n) is 11.5. The fraction of sp³-hybridized carbons (Fsp3) is 1.00. The van der Waals surface area contributed by atoms with Crippen LogP contribution in [0.3, 0.4) is 0 Å². The molecule has 8 saturated heterocycles. The van der Waals surface area contributed by atoms with E-state index in [4.69, 9.17) is 30.9 Å². The van der Waals surface area contributed by atoms with E-state index in [0.717, 1.165) is 0 Å². The topological polar surface area (TPSA) is 483 Å². The van der Waals surface area contributed by atoms with Gasteiger partial charge >= 0.3 is 102 Å². The van der Waals surface area contributed by atoms with Gasteiger partial charge in [-0.15, -0.1) is 0 Å². The largest absolute Gasteiger partial charge is 3.00 e. The molecular weight excluding hydrogens is 2000 g/mol. The van der Waals surface area contributed by atoms with E-state index >= 15 is 0 Å². The summed E-state index contributed by atoms with van der Waals surface area (Å²) < 4.78 is 0. The molecule has 8 rings (SSSR count). The zero-order chi connectivity index (χ0) is 82.4. The van der Waals surface area contributed by atoms with Gasteiger partial charge < -0.3 is 178 Å². The molecule has 0 bridgehead atoms. The summed E-state index contributed by atoms with van der Waals surface area (Å²) in [4.78, 5) is 58.4. The minimum absolute atomic E-state index is 0. The molecule has 0 atom stereocenters. The minimum Gasteiger partial charge on any atom is -0.412 e. The van der Waals surface area contributed by atoms with Gasteiger partial charge in [-0.05, 0) is 169 Å². The standard InChI is InChI=1S/C18H40N6.6C9H21N3.2C2H6O2.Cl2.8Mn.H2O2.9H2O/c1-19-5-6-20(2)10-14-23(13-9-19)17-18-24-15-11-21(3)7-8-22(4)12-16-24;6*1-10-4-6-11(2)8-9-12(3)7-5-10;2*1-2(3)4;1-2;;;;;;;;;1-2;;;;;;;;;/h5-18H2,1-4H3;6*4-9H2,1-3H3;2*2-4H,1H3;;;;;;;;;;1-2H;9*1H2/q;;;;;;;;;;;;6*+3;;;;;;;;;;. The van der Waals surface area contributed by atoms with Crippen LogP contribution in [0.25, 0.3) is 0 Å². The van der Waals surface area contributed by atoms with E-state index in [1.807, 2.05) is 0 Å². The van der Waals surface area contributed by atoms with Crippen LogP contribution in [0.1, 0.15) is 13.8 Å². The molecule has 0 saturated carbocycles. The molecular formula is C76H198Cl2Mn8N24O15+18. The molecule has 0 spiro atoms. The van der Waals surface area contributed by atoms with Crippen molar-refractivity contribution in [2.75, 3.05) is 482 Å². The van der Waals surface area contributed by atoms with Crippen molar-refractivity contribution < 1.29 is 217 Å². The monoisotopic (exact) mass is 2200 g/mol. The van der Waals surface area contributed by atoms with Crippen LogP contribution in [0.2, 0.25) is 0 Å². The van der Waals surface area contributed by atoms with Crippen LogP contribution in [0.5, 0.6) is 0 Å². The Morgan fingerprint density at radius 3 is 0.248 bits per heavy atom. The van der Waals surface area contributed by atoms with E-state index in [0.29, 0.717) is 0 Å². The van der Waals surface area contributed by atoms with Crippen molar-refractivity contribution >= 4 is 21.7 Å². The maximum Gasteiger partial charge on any atom is 3.00 e. The molecule has 764 valence electrons. The number of halogens is 2. The van der Waals surface area contributed by atoms with Crippen LogP contribution in [0, 0.1) is 0 Å². The van der Waals surface area contributed by atoms with Gasteiger partial charge in [0.05, 0.1) is 0 Å². The van der Waals surface area contributed by atoms with Gasteiger partial charge in [0.2, 0.25) is 0 Å². The van der Waals surface area contributed by atoms with Gasteiger partial charge in [0.25, 0.3) is 0 Å². The molecule has 39 nitrogen and oxygen atoms in total. The molecule has 0 unspecified atom stereocenters. The summed E-state index contributed by atoms with van der Waals surface area (Å²) in [5.74, 6) is 0. The summed E-state index contributed by atoms with van der Waals surface area (Å²) in [5, 5.41) is 42.4. The molecule has 2 radical (unpaired) electrons. The van der Waals surface area contributed by atoms with E-state index in [1.165, 1.54) is 341 Å². The Balaban J connectivity index is -0.0000000554. The molecule has 0 aromatic carbocycles. The van der Waals surface area contributed by atoms with Crippen LogP contribution in [-0.2, 0) is 137 Å². The zero-order valence-electron chi connectivity index (χ0n) is 82.2. The first kappa shape index (κ1) is 177. The van der Waals surface area contributed by atoms with Gasteiger partial charge in [-0.2, -0.15) is 0 Å². The number of aliphatic hydroxyl groups is 4. The first-order chi connectivity index (χ1) is 51.1. The third-order valence-corrected chi connectivity index (χ3v) is 21.2. The Bertz CT molecular complexity index is 1470. The quantitative estimate of drug-likeness (QED) is 0.0661. The van der Waals surface area contributed by atoms with Crippen molar-refractivity contribution in [3.05, 3.63) is 0 Å². The average Bonchev–Trinajstić information content (AvgIpc) is 1.85. The number of nitrogens with zero attached hydrogens (tertiary/aromatic N) is 24. The maximum absolute atomic E-state index is 7.61. The van der Waals surface area contributed by atoms with Crippen molar-refractivity contribution in [3.8, 4) is 0 Å². The molecule has 24 N–H and O–H groups in total. The van der Waals surface area contributed by atoms with Crippen LogP contribution in [0.4, 0.5) is 0 Å². The molecule has 0 aromatic heterocycles. The Morgan fingerprint density at radius 1 is 0.160 bits per heavy atom. The molecule has 0 aliphatic carbocycles. The van der Waals surface area contributed by atoms with Crippen molar-refractivity contribution in [2.24, 2.45) is 0 Å². The SMILES string of the molecule is CC(O)O.CC(O)O.CN1CCN(C)CCN(C)CC1.CN1CCN(C)CCN(C)CC1.CN1CCN(C)CCN(C)CC1.CN1CCN(C)CCN(C)CC1.CN1CCN(C)CCN(C)CC1.CN1CCN(C)CCN(C)CC1.CN1CCN(C)CCN(CCN2CCN(C)CCN(C)CC2)CC1.ClCl.O.O.O.O.O.O.O.O.O.OO.[Mn+3].[Mn+3].[Mn+3].[Mn+3].[Mn+3].[Mn+3].[Mn].[Mn]. The predicted octanol–water partition coefficient (Wildman–Crippen LogP) is -9.29. The number of rotatable bonds is 3. The Kier molecular flexibility index (Phi) is 167. The van der Waals surface area contributed by atoms with Crippen LogP contribution in [0.15, 0.2) is 0 Å². The summed E-state index contributed by atoms with van der Waals surface area (Å²) in [5.41, 5.74) is 0. The van der Waals surface area contributed by atoms with Gasteiger partial charge in [0.15, 0.2) is 0 Å². The van der Waals surface area contributed by atoms with Crippen LogP contribution < -0.4 is 0 Å². The van der Waals surface area contributed by atoms with E-state index in [9.17, 15) is 0 Å². The van der Waals surface area contributed by atoms with Crippen LogP contribution in [-0.4, -0.2) is 693 Å². The van der Waals surface area contributed by atoms with Gasteiger partial charge in [-0.1, -0.05) is 0 Å². The smallest absolute Gasteiger partial charge is 0.412 e. The van der Waals surface area contributed by atoms with E-state index < -0.39 is 12.6 Å². The average molecular weight is 2200 g/mol. The number of likely N-dealkylation sites (N-methyl/N-ethyl adjacent to an activating group) is 22. The van der Waals surface area contributed by atoms with Gasteiger partial charge in [0.1, 0.15) is 12.6 Å². The molecule has 49 heteroatoms. The molecule has 8 aliphatic heterocycles. The van der Waals surface area contributed by atoms with Crippen molar-refractivity contribution in [1.82, 2.24) is 118 Å². The summed E-state index contributed by atoms with van der Waals surface area (Å²) >= 11 is 0. The zero-order valence-corrected chi connectivity index (χ0v) is 93.2. The Hall–Kier alpha value is 3.18.